The molecule has 3 aromatic heterocycles. The maximum Gasteiger partial charge on any atom is 3.00 e. The van der Waals surface area contributed by atoms with Crippen LogP contribution in [0.2, 0.25) is 0 Å². The van der Waals surface area contributed by atoms with Crippen molar-refractivity contribution in [3.63, 3.8) is 0 Å². The summed E-state index contributed by atoms with van der Waals surface area (Å²) in [6.07, 6.45) is 5.29. The van der Waals surface area contributed by atoms with Crippen molar-refractivity contribution in [2.24, 2.45) is 0 Å². The smallest absolute Gasteiger partial charge is 0.778 e. The Bertz CT molecular complexity index is 1330. The summed E-state index contributed by atoms with van der Waals surface area (Å²) in [6, 6.07) is 29.3. The minimum absolute atomic E-state index is 0. The minimum Gasteiger partial charge on any atom is -0.778 e. The standard InChI is InChI=1S/3C9H7NS.Ir/c3*11-8-5-1-3-7-4-2-6-10-9(7)8;/h3*1-6,11H;/q;;;+3/p-3. The molecule has 3 nitrogen and oxygen atoms in total. The number of nitrogens with zero attached hydrogens (tertiary/aromatic N) is 3. The summed E-state index contributed by atoms with van der Waals surface area (Å²) in [7, 11) is 0. The summed E-state index contributed by atoms with van der Waals surface area (Å²) in [4.78, 5) is 15.0. The number of para-hydroxylation sites is 3. The van der Waals surface area contributed by atoms with E-state index in [0.29, 0.717) is 0 Å². The second-order valence-corrected chi connectivity index (χ2v) is 8.31. The molecule has 3 heterocycles. The number of fused-ring (bicyclic) bond motifs is 3. The van der Waals surface area contributed by atoms with Gasteiger partial charge in [-0.05, 0) is 34.4 Å². The third kappa shape index (κ3) is 6.41. The van der Waals surface area contributed by atoms with Crippen LogP contribution < -0.4 is 0 Å². The first kappa shape index (κ1) is 25.8. The average molecular weight is 673 g/mol. The van der Waals surface area contributed by atoms with E-state index in [1.165, 1.54) is 0 Å². The monoisotopic (exact) mass is 673 g/mol. The van der Waals surface area contributed by atoms with Crippen LogP contribution in [-0.4, -0.2) is 15.0 Å². The molecule has 0 fully saturated rings. The first-order valence-electron chi connectivity index (χ1n) is 10.2. The van der Waals surface area contributed by atoms with E-state index in [0.717, 1.165) is 47.4 Å². The van der Waals surface area contributed by atoms with Crippen molar-refractivity contribution in [2.45, 2.75) is 14.7 Å². The molecule has 0 aliphatic heterocycles. The van der Waals surface area contributed by atoms with E-state index in [2.05, 4.69) is 15.0 Å². The molecule has 0 saturated carbocycles. The third-order valence-electron chi connectivity index (χ3n) is 4.79. The average Bonchev–Trinajstić information content (AvgIpc) is 2.86. The van der Waals surface area contributed by atoms with E-state index >= 15 is 0 Å². The molecule has 34 heavy (non-hydrogen) atoms. The van der Waals surface area contributed by atoms with Gasteiger partial charge >= 0.3 is 20.1 Å². The Morgan fingerprint density at radius 2 is 0.647 bits per heavy atom. The number of benzene rings is 3. The van der Waals surface area contributed by atoms with Gasteiger partial charge in [0, 0.05) is 18.6 Å². The van der Waals surface area contributed by atoms with Crippen molar-refractivity contribution < 1.29 is 20.1 Å². The van der Waals surface area contributed by atoms with Gasteiger partial charge in [-0.3, -0.25) is 15.0 Å². The number of hydrogen-bond acceptors (Lipinski definition) is 6. The van der Waals surface area contributed by atoms with Gasteiger partial charge in [0.05, 0.1) is 16.6 Å². The van der Waals surface area contributed by atoms with Crippen LogP contribution in [-0.2, 0) is 58.0 Å². The van der Waals surface area contributed by atoms with Crippen molar-refractivity contribution in [1.29, 1.82) is 0 Å². The molecule has 0 unspecified atom stereocenters. The zero-order valence-electron chi connectivity index (χ0n) is 17.8. The van der Waals surface area contributed by atoms with Gasteiger partial charge in [0.2, 0.25) is 0 Å². The summed E-state index contributed by atoms with van der Waals surface area (Å²) in [5.41, 5.74) is 2.76. The van der Waals surface area contributed by atoms with Crippen molar-refractivity contribution in [3.8, 4) is 0 Å². The Labute approximate surface area is 228 Å². The van der Waals surface area contributed by atoms with Crippen molar-refractivity contribution in [2.75, 3.05) is 0 Å². The Balaban J connectivity index is 0.000000141. The fourth-order valence-electron chi connectivity index (χ4n) is 3.23. The van der Waals surface area contributed by atoms with Gasteiger partial charge < -0.3 is 37.9 Å². The third-order valence-corrected chi connectivity index (χ3v) is 5.78. The van der Waals surface area contributed by atoms with Crippen LogP contribution >= 0.6 is 0 Å². The zero-order valence-corrected chi connectivity index (χ0v) is 22.6. The van der Waals surface area contributed by atoms with Crippen LogP contribution in [0.3, 0.4) is 0 Å². The molecule has 7 heteroatoms. The molecule has 0 saturated heterocycles. The van der Waals surface area contributed by atoms with Crippen LogP contribution in [0.4, 0.5) is 0 Å². The number of pyridine rings is 3. The summed E-state index contributed by atoms with van der Waals surface area (Å²) in [5, 5.41) is 3.33. The molecular weight excluding hydrogens is 655 g/mol. The molecule has 0 N–H and O–H groups in total. The van der Waals surface area contributed by atoms with Gasteiger partial charge in [-0.1, -0.05) is 72.8 Å². The van der Waals surface area contributed by atoms with Crippen molar-refractivity contribution in [1.82, 2.24) is 15.0 Å². The molecule has 0 radical (unpaired) electrons. The second kappa shape index (κ2) is 12.6. The fourth-order valence-corrected chi connectivity index (χ4v) is 3.98. The molecule has 3 aromatic carbocycles. The van der Waals surface area contributed by atoms with Crippen LogP contribution in [0.15, 0.2) is 124 Å². The molecule has 6 aromatic rings. The fraction of sp³-hybridized carbons (Fsp3) is 0. The molecular formula is C27H18IrN3S3. The maximum absolute atomic E-state index is 5.09. The van der Waals surface area contributed by atoms with Gasteiger partial charge in [-0.15, -0.1) is 14.7 Å². The molecule has 0 bridgehead atoms. The quantitative estimate of drug-likeness (QED) is 0.174. The molecule has 6 rings (SSSR count). The van der Waals surface area contributed by atoms with Crippen LogP contribution in [0.25, 0.3) is 32.7 Å². The van der Waals surface area contributed by atoms with Gasteiger partial charge in [-0.25, -0.2) is 0 Å². The van der Waals surface area contributed by atoms with E-state index in [1.54, 1.807) is 18.6 Å². The van der Waals surface area contributed by atoms with Gasteiger partial charge in [-0.2, -0.15) is 0 Å². The van der Waals surface area contributed by atoms with Gasteiger partial charge in [0.15, 0.2) is 0 Å². The molecule has 168 valence electrons. The van der Waals surface area contributed by atoms with E-state index in [4.69, 9.17) is 37.9 Å². The molecule has 0 aliphatic rings. The van der Waals surface area contributed by atoms with Crippen molar-refractivity contribution >= 4 is 70.6 Å². The van der Waals surface area contributed by atoms with Crippen LogP contribution in [0.1, 0.15) is 0 Å². The van der Waals surface area contributed by atoms with Gasteiger partial charge in [0.1, 0.15) is 0 Å². The Morgan fingerprint density at radius 1 is 0.382 bits per heavy atom. The molecule has 0 atom stereocenters. The molecule has 0 spiro atoms. The van der Waals surface area contributed by atoms with Crippen molar-refractivity contribution in [3.05, 3.63) is 110 Å². The SMILES string of the molecule is [Ir+3].[S-]c1cccc2cccnc12.[S-]c1cccc2cccnc12.[S-]c1cccc2cccnc12. The first-order valence-corrected chi connectivity index (χ1v) is 11.4. The summed E-state index contributed by atoms with van der Waals surface area (Å²) < 4.78 is 0. The van der Waals surface area contributed by atoms with E-state index in [-0.39, 0.29) is 20.1 Å². The molecule has 0 aliphatic carbocycles. The molecule has 0 amide bonds. The summed E-state index contributed by atoms with van der Waals surface area (Å²) in [5.74, 6) is 0. The van der Waals surface area contributed by atoms with Crippen LogP contribution in [0.5, 0.6) is 0 Å². The number of aromatic nitrogens is 3. The Hall–Kier alpha value is -2.80. The Morgan fingerprint density at radius 3 is 0.912 bits per heavy atom. The first-order chi connectivity index (χ1) is 16.1. The predicted molar refractivity (Wildman–Crippen MR) is 142 cm³/mol. The van der Waals surface area contributed by atoms with E-state index in [9.17, 15) is 0 Å². The van der Waals surface area contributed by atoms with E-state index < -0.39 is 0 Å². The topological polar surface area (TPSA) is 38.7 Å². The van der Waals surface area contributed by atoms with Crippen LogP contribution in [0, 0.1) is 0 Å². The van der Waals surface area contributed by atoms with E-state index in [1.807, 2.05) is 91.0 Å². The predicted octanol–water partition coefficient (Wildman–Crippen LogP) is 6.42. The summed E-state index contributed by atoms with van der Waals surface area (Å²) >= 11 is 15.3. The largest absolute Gasteiger partial charge is 3.00 e. The summed E-state index contributed by atoms with van der Waals surface area (Å²) in [6.45, 7) is 0. The zero-order chi connectivity index (χ0) is 23.0. The Kier molecular flexibility index (Phi) is 9.57. The van der Waals surface area contributed by atoms with Gasteiger partial charge in [0.25, 0.3) is 0 Å². The normalized spacial score (nSPS) is 9.88. The number of rotatable bonds is 0. The minimum atomic E-state index is 0. The second-order valence-electron chi connectivity index (χ2n) is 6.99. The number of hydrogen-bond donors (Lipinski definition) is 0. The maximum atomic E-state index is 5.09.